The molecule has 3 amide bonds. The summed E-state index contributed by atoms with van der Waals surface area (Å²) in [6.07, 6.45) is 0.295. The van der Waals surface area contributed by atoms with E-state index >= 15 is 0 Å². The first-order valence-electron chi connectivity index (χ1n) is 5.18. The van der Waals surface area contributed by atoms with Gasteiger partial charge >= 0.3 is 6.03 Å². The summed E-state index contributed by atoms with van der Waals surface area (Å²) in [4.78, 5) is 25.6. The lowest BCUT2D eigenvalue weighted by molar-refractivity contribution is -0.130. The molecule has 1 fully saturated rings. The third kappa shape index (κ3) is 1.99. The zero-order chi connectivity index (χ0) is 12.8. The number of halogens is 1. The van der Waals surface area contributed by atoms with Gasteiger partial charge in [-0.05, 0) is 35.3 Å². The van der Waals surface area contributed by atoms with E-state index in [1.807, 2.05) is 19.2 Å². The number of urea groups is 1. The van der Waals surface area contributed by atoms with E-state index < -0.39 is 5.54 Å². The molecule has 0 aromatic carbocycles. The van der Waals surface area contributed by atoms with E-state index in [0.29, 0.717) is 6.42 Å². The van der Waals surface area contributed by atoms with E-state index in [9.17, 15) is 9.59 Å². The smallest absolute Gasteiger partial charge is 0.324 e. The van der Waals surface area contributed by atoms with Gasteiger partial charge < -0.3 is 5.32 Å². The highest BCUT2D eigenvalue weighted by Crippen LogP contribution is 2.38. The molecule has 0 radical (unpaired) electrons. The maximum Gasteiger partial charge on any atom is 0.324 e. The third-order valence-corrected chi connectivity index (χ3v) is 5.52. The van der Waals surface area contributed by atoms with Crippen LogP contribution in [0.2, 0.25) is 0 Å². The highest BCUT2D eigenvalue weighted by atomic mass is 79.9. The zero-order valence-electron chi connectivity index (χ0n) is 9.83. The predicted octanol–water partition coefficient (Wildman–Crippen LogP) is 2.61. The van der Waals surface area contributed by atoms with Gasteiger partial charge in [0.25, 0.3) is 0 Å². The molecule has 1 saturated heterocycles. The molecule has 1 N–H and O–H groups in total. The molecule has 1 aliphatic heterocycles. The van der Waals surface area contributed by atoms with Gasteiger partial charge in [0.05, 0.1) is 12.0 Å². The molecule has 0 aliphatic carbocycles. The van der Waals surface area contributed by atoms with Crippen molar-refractivity contribution in [2.24, 2.45) is 0 Å². The fraction of sp³-hybridized carbons (Fsp3) is 0.455. The van der Waals surface area contributed by atoms with Crippen molar-refractivity contribution in [1.82, 2.24) is 10.2 Å². The Morgan fingerprint density at radius 1 is 1.53 bits per heavy atom. The number of hydrogen-bond donors (Lipinski definition) is 1. The second-order valence-electron chi connectivity index (χ2n) is 4.43. The summed E-state index contributed by atoms with van der Waals surface area (Å²) in [7, 11) is 1.49. The topological polar surface area (TPSA) is 49.4 Å². The Kier molecular flexibility index (Phi) is 3.03. The molecule has 1 aromatic heterocycles. The molecule has 0 bridgehead atoms. The summed E-state index contributed by atoms with van der Waals surface area (Å²) in [5, 5.41) is 4.88. The fourth-order valence-corrected chi connectivity index (χ4v) is 3.65. The number of carbonyl (C=O) groups is 2. The molecule has 2 heterocycles. The van der Waals surface area contributed by atoms with Crippen molar-refractivity contribution in [3.63, 3.8) is 0 Å². The van der Waals surface area contributed by atoms with Crippen LogP contribution < -0.4 is 5.32 Å². The van der Waals surface area contributed by atoms with Crippen LogP contribution in [-0.4, -0.2) is 23.9 Å². The normalized spacial score (nSPS) is 25.1. The van der Waals surface area contributed by atoms with Gasteiger partial charge in [-0.1, -0.05) is 0 Å². The van der Waals surface area contributed by atoms with Crippen molar-refractivity contribution in [1.29, 1.82) is 0 Å². The molecular weight excluding hydrogens is 304 g/mol. The predicted molar refractivity (Wildman–Crippen MR) is 70.0 cm³/mol. The number of nitrogens with one attached hydrogen (secondary N) is 1. The van der Waals surface area contributed by atoms with Gasteiger partial charge in [0.15, 0.2) is 0 Å². The minimum absolute atomic E-state index is 0.153. The lowest BCUT2D eigenvalue weighted by Gasteiger charge is -2.37. The van der Waals surface area contributed by atoms with E-state index in [-0.39, 0.29) is 11.9 Å². The van der Waals surface area contributed by atoms with Gasteiger partial charge in [-0.25, -0.2) is 4.79 Å². The summed E-state index contributed by atoms with van der Waals surface area (Å²) in [5.41, 5.74) is 0.483. The van der Waals surface area contributed by atoms with E-state index in [2.05, 4.69) is 21.2 Å². The van der Waals surface area contributed by atoms with Crippen LogP contribution in [0.3, 0.4) is 0 Å². The largest absolute Gasteiger partial charge is 0.327 e. The number of rotatable bonds is 1. The fourth-order valence-electron chi connectivity index (χ4n) is 1.98. The van der Waals surface area contributed by atoms with Gasteiger partial charge in [-0.15, -0.1) is 11.3 Å². The maximum atomic E-state index is 11.8. The number of hydrogen-bond acceptors (Lipinski definition) is 3. The second-order valence-corrected chi connectivity index (χ2v) is 6.16. The Hall–Kier alpha value is -0.880. The van der Waals surface area contributed by atoms with Crippen molar-refractivity contribution in [3.8, 4) is 0 Å². The van der Waals surface area contributed by atoms with E-state index in [0.717, 1.165) is 19.8 Å². The maximum absolute atomic E-state index is 11.8. The number of imide groups is 1. The first-order valence-corrected chi connectivity index (χ1v) is 6.85. The van der Waals surface area contributed by atoms with Gasteiger partial charge in [-0.2, -0.15) is 0 Å². The molecule has 0 saturated carbocycles. The third-order valence-electron chi connectivity index (χ3n) is 3.05. The lowest BCUT2D eigenvalue weighted by Crippen LogP contribution is -2.57. The molecule has 1 aliphatic rings. The molecule has 92 valence electrons. The SMILES string of the molecule is Cc1c(Br)csc1[C@]1(C)CC(=O)N(C)C(=O)N1. The Balaban J connectivity index is 2.41. The van der Waals surface area contributed by atoms with Crippen LogP contribution in [-0.2, 0) is 10.3 Å². The molecular formula is C11H13BrN2O2S. The monoisotopic (exact) mass is 316 g/mol. The molecule has 4 nitrogen and oxygen atoms in total. The van der Waals surface area contributed by atoms with Gasteiger partial charge in [0.1, 0.15) is 0 Å². The summed E-state index contributed by atoms with van der Waals surface area (Å²) >= 11 is 5.01. The lowest BCUT2D eigenvalue weighted by atomic mass is 9.91. The first kappa shape index (κ1) is 12.6. The number of carbonyl (C=O) groups excluding carboxylic acids is 2. The van der Waals surface area contributed by atoms with Gasteiger partial charge in [0.2, 0.25) is 5.91 Å². The van der Waals surface area contributed by atoms with Crippen LogP contribution in [0, 0.1) is 6.92 Å². The van der Waals surface area contributed by atoms with Crippen LogP contribution in [0.5, 0.6) is 0 Å². The van der Waals surface area contributed by atoms with E-state index in [1.54, 1.807) is 11.3 Å². The van der Waals surface area contributed by atoms with Crippen molar-refractivity contribution in [3.05, 3.63) is 20.3 Å². The quantitative estimate of drug-likeness (QED) is 0.865. The van der Waals surface area contributed by atoms with Crippen molar-refractivity contribution >= 4 is 39.2 Å². The molecule has 1 aromatic rings. The van der Waals surface area contributed by atoms with E-state index in [4.69, 9.17) is 0 Å². The van der Waals surface area contributed by atoms with Crippen LogP contribution in [0.1, 0.15) is 23.8 Å². The average molecular weight is 317 g/mol. The summed E-state index contributed by atoms with van der Waals surface area (Å²) in [6, 6.07) is -0.340. The van der Waals surface area contributed by atoms with E-state index in [1.165, 1.54) is 7.05 Å². The number of nitrogens with zero attached hydrogens (tertiary/aromatic N) is 1. The molecule has 17 heavy (non-hydrogen) atoms. The Morgan fingerprint density at radius 2 is 2.18 bits per heavy atom. The number of amides is 3. The summed E-state index contributed by atoms with van der Waals surface area (Å²) in [6.45, 7) is 3.87. The van der Waals surface area contributed by atoms with Crippen LogP contribution in [0.15, 0.2) is 9.85 Å². The minimum Gasteiger partial charge on any atom is -0.327 e. The highest BCUT2D eigenvalue weighted by Gasteiger charge is 2.41. The average Bonchev–Trinajstić information content (AvgIpc) is 2.57. The van der Waals surface area contributed by atoms with Gasteiger partial charge in [-0.3, -0.25) is 9.69 Å². The van der Waals surface area contributed by atoms with Crippen LogP contribution >= 0.6 is 27.3 Å². The standard InChI is InChI=1S/C11H13BrN2O2S/c1-6-7(12)5-17-9(6)11(2)4-8(15)14(3)10(16)13-11/h5H,4H2,1-3H3,(H,13,16)/t11-/m0/s1. The second kappa shape index (κ2) is 4.10. The Morgan fingerprint density at radius 3 is 2.65 bits per heavy atom. The molecule has 1 atom stereocenters. The van der Waals surface area contributed by atoms with Crippen molar-refractivity contribution < 1.29 is 9.59 Å². The highest BCUT2D eigenvalue weighted by molar-refractivity contribution is 9.10. The summed E-state index contributed by atoms with van der Waals surface area (Å²) in [5.74, 6) is -0.153. The first-order chi connectivity index (χ1) is 7.85. The van der Waals surface area contributed by atoms with Crippen LogP contribution in [0.4, 0.5) is 4.79 Å². The molecule has 0 unspecified atom stereocenters. The van der Waals surface area contributed by atoms with Crippen molar-refractivity contribution in [2.45, 2.75) is 25.8 Å². The summed E-state index contributed by atoms with van der Waals surface area (Å²) < 4.78 is 1.01. The van der Waals surface area contributed by atoms with Gasteiger partial charge in [0, 0.05) is 21.8 Å². The number of thiophene rings is 1. The molecule has 2 rings (SSSR count). The van der Waals surface area contributed by atoms with Crippen molar-refractivity contribution in [2.75, 3.05) is 7.05 Å². The Bertz CT molecular complexity index is 480. The van der Waals surface area contributed by atoms with Crippen LogP contribution in [0.25, 0.3) is 0 Å². The minimum atomic E-state index is -0.596. The molecule has 6 heteroatoms. The Labute approximate surface area is 112 Å². The zero-order valence-corrected chi connectivity index (χ0v) is 12.2. The molecule has 0 spiro atoms.